The van der Waals surface area contributed by atoms with Gasteiger partial charge in [0, 0.05) is 24.6 Å². The number of halogens is 3. The van der Waals surface area contributed by atoms with E-state index in [0.717, 1.165) is 0 Å². The fraction of sp³-hybridized carbons (Fsp3) is 0.474. The molecule has 1 aromatic heterocycles. The summed E-state index contributed by atoms with van der Waals surface area (Å²) in [5.74, 6) is -3.15. The summed E-state index contributed by atoms with van der Waals surface area (Å²) in [7, 11) is 1.48. The van der Waals surface area contributed by atoms with Crippen molar-refractivity contribution in [3.63, 3.8) is 0 Å². The van der Waals surface area contributed by atoms with Crippen molar-refractivity contribution in [3.05, 3.63) is 28.9 Å². The highest BCUT2D eigenvalue weighted by molar-refractivity contribution is 6.36. The molecule has 0 spiro atoms. The third kappa shape index (κ3) is 3.92. The highest BCUT2D eigenvalue weighted by atomic mass is 35.5. The fourth-order valence-corrected chi connectivity index (χ4v) is 3.17. The number of carbonyl (C=O) groups is 1. The van der Waals surface area contributed by atoms with E-state index in [9.17, 15) is 13.6 Å². The van der Waals surface area contributed by atoms with Crippen molar-refractivity contribution in [3.8, 4) is 22.8 Å². The van der Waals surface area contributed by atoms with Crippen LogP contribution >= 0.6 is 11.6 Å². The third-order valence-corrected chi connectivity index (χ3v) is 4.86. The normalized spacial score (nSPS) is 17.3. The Hall–Kier alpha value is -2.35. The molecule has 1 atom stereocenters. The zero-order valence-electron chi connectivity index (χ0n) is 15.8. The molecule has 0 amide bonds. The molecule has 1 fully saturated rings. The van der Waals surface area contributed by atoms with Gasteiger partial charge in [0.05, 0.1) is 31.9 Å². The Morgan fingerprint density at radius 1 is 1.39 bits per heavy atom. The molecule has 28 heavy (non-hydrogen) atoms. The summed E-state index contributed by atoms with van der Waals surface area (Å²) in [5, 5.41) is 4.40. The molecule has 1 unspecified atom stereocenters. The Morgan fingerprint density at radius 2 is 2.11 bits per heavy atom. The van der Waals surface area contributed by atoms with Crippen molar-refractivity contribution in [2.24, 2.45) is 5.92 Å². The summed E-state index contributed by atoms with van der Waals surface area (Å²) < 4.78 is 43.5. The molecule has 9 heteroatoms. The van der Waals surface area contributed by atoms with E-state index in [4.69, 9.17) is 25.8 Å². The van der Waals surface area contributed by atoms with Crippen molar-refractivity contribution in [2.45, 2.75) is 32.7 Å². The van der Waals surface area contributed by atoms with E-state index in [-0.39, 0.29) is 30.4 Å². The van der Waals surface area contributed by atoms with Gasteiger partial charge in [0.1, 0.15) is 16.5 Å². The Labute approximate surface area is 166 Å². The number of methoxy groups -OCH3 is 1. The van der Waals surface area contributed by atoms with Gasteiger partial charge in [0.25, 0.3) is 5.92 Å². The first-order chi connectivity index (χ1) is 13.3. The summed E-state index contributed by atoms with van der Waals surface area (Å²) >= 11 is 6.43. The molecule has 152 valence electrons. The minimum Gasteiger partial charge on any atom is -0.496 e. The van der Waals surface area contributed by atoms with Crippen LogP contribution in [0.3, 0.4) is 0 Å². The maximum atomic E-state index is 13.0. The monoisotopic (exact) mass is 414 g/mol. The Kier molecular flexibility index (Phi) is 5.79. The largest absolute Gasteiger partial charge is 0.496 e. The van der Waals surface area contributed by atoms with Gasteiger partial charge in [0.15, 0.2) is 5.69 Å². The first-order valence-corrected chi connectivity index (χ1v) is 9.32. The van der Waals surface area contributed by atoms with E-state index >= 15 is 0 Å². The lowest BCUT2D eigenvalue weighted by molar-refractivity contribution is 0.0518. The summed E-state index contributed by atoms with van der Waals surface area (Å²) in [4.78, 5) is 12.1. The fourth-order valence-electron chi connectivity index (χ4n) is 2.86. The first-order valence-electron chi connectivity index (χ1n) is 8.94. The lowest BCUT2D eigenvalue weighted by atomic mass is 10.1. The number of rotatable bonds is 8. The van der Waals surface area contributed by atoms with Crippen molar-refractivity contribution in [1.82, 2.24) is 9.78 Å². The molecular formula is C19H21ClF2N2O4. The molecule has 0 saturated heterocycles. The molecule has 1 saturated carbocycles. The van der Waals surface area contributed by atoms with Crippen LogP contribution < -0.4 is 9.47 Å². The van der Waals surface area contributed by atoms with Crippen LogP contribution in [-0.2, 0) is 11.3 Å². The van der Waals surface area contributed by atoms with Gasteiger partial charge in [-0.15, -0.1) is 0 Å². The van der Waals surface area contributed by atoms with Gasteiger partial charge in [-0.25, -0.2) is 13.6 Å². The second-order valence-electron chi connectivity index (χ2n) is 6.38. The number of aromatic nitrogens is 2. The average Bonchev–Trinajstić information content (AvgIpc) is 3.14. The van der Waals surface area contributed by atoms with Crippen LogP contribution in [0, 0.1) is 5.92 Å². The maximum Gasteiger partial charge on any atom is 0.360 e. The predicted octanol–water partition coefficient (Wildman–Crippen LogP) is 4.44. The highest BCUT2D eigenvalue weighted by Crippen LogP contribution is 2.48. The summed E-state index contributed by atoms with van der Waals surface area (Å²) in [6.45, 7) is 4.17. The second kappa shape index (κ2) is 7.95. The quantitative estimate of drug-likeness (QED) is 0.597. The van der Waals surface area contributed by atoms with Crippen LogP contribution in [0.4, 0.5) is 8.78 Å². The number of benzene rings is 1. The van der Waals surface area contributed by atoms with Crippen LogP contribution in [0.25, 0.3) is 11.3 Å². The molecule has 0 bridgehead atoms. The van der Waals surface area contributed by atoms with E-state index in [1.54, 1.807) is 29.8 Å². The van der Waals surface area contributed by atoms with Crippen LogP contribution in [0.5, 0.6) is 11.5 Å². The van der Waals surface area contributed by atoms with Crippen LogP contribution in [0.1, 0.15) is 30.8 Å². The Morgan fingerprint density at radius 3 is 2.68 bits per heavy atom. The second-order valence-corrected chi connectivity index (χ2v) is 6.76. The topological polar surface area (TPSA) is 62.6 Å². The Balaban J connectivity index is 1.91. The number of esters is 1. The number of ether oxygens (including phenoxy) is 3. The molecule has 3 rings (SSSR count). The molecular weight excluding hydrogens is 394 g/mol. The van der Waals surface area contributed by atoms with Crippen LogP contribution in [0.15, 0.2) is 18.2 Å². The number of hydrogen-bond donors (Lipinski definition) is 0. The summed E-state index contributed by atoms with van der Waals surface area (Å²) in [6, 6.07) is 4.94. The summed E-state index contributed by atoms with van der Waals surface area (Å²) in [6.07, 6.45) is -0.149. The van der Waals surface area contributed by atoms with Gasteiger partial charge >= 0.3 is 5.97 Å². The van der Waals surface area contributed by atoms with E-state index in [2.05, 4.69) is 5.10 Å². The number of alkyl halides is 2. The van der Waals surface area contributed by atoms with E-state index in [1.165, 1.54) is 7.11 Å². The molecule has 0 N–H and O–H groups in total. The minimum absolute atomic E-state index is 0.0266. The lowest BCUT2D eigenvalue weighted by Crippen LogP contribution is -2.07. The number of carbonyl (C=O) groups excluding carboxylic acids is 1. The van der Waals surface area contributed by atoms with Gasteiger partial charge < -0.3 is 14.2 Å². The van der Waals surface area contributed by atoms with Crippen LogP contribution in [-0.4, -0.2) is 42.0 Å². The number of nitrogens with zero attached hydrogens (tertiary/aromatic N) is 2. The van der Waals surface area contributed by atoms with Crippen LogP contribution in [0.2, 0.25) is 5.02 Å². The standard InChI is InChI=1S/C19H21ClF2N2O4/c1-4-24-17(15(20)16(23-24)18(25)27-5-2)13-7-6-12(8-14(13)26-3)28-10-11-9-19(11,21)22/h6-8,11H,4-5,9-10H2,1-3H3. The van der Waals surface area contributed by atoms with Gasteiger partial charge in [-0.1, -0.05) is 11.6 Å². The molecule has 6 nitrogen and oxygen atoms in total. The SMILES string of the molecule is CCOC(=O)c1nn(CC)c(-c2ccc(OCC3CC3(F)F)cc2OC)c1Cl. The minimum atomic E-state index is -2.63. The predicted molar refractivity (Wildman–Crippen MR) is 99.4 cm³/mol. The van der Waals surface area contributed by atoms with Crippen molar-refractivity contribution in [1.29, 1.82) is 0 Å². The smallest absolute Gasteiger partial charge is 0.360 e. The van der Waals surface area contributed by atoms with Gasteiger partial charge in [0.2, 0.25) is 0 Å². The maximum absolute atomic E-state index is 13.0. The Bertz CT molecular complexity index is 885. The van der Waals surface area contributed by atoms with E-state index < -0.39 is 17.8 Å². The molecule has 1 heterocycles. The van der Waals surface area contributed by atoms with Gasteiger partial charge in [-0.2, -0.15) is 5.10 Å². The van der Waals surface area contributed by atoms with Crippen molar-refractivity contribution >= 4 is 17.6 Å². The van der Waals surface area contributed by atoms with Crippen molar-refractivity contribution < 1.29 is 27.8 Å². The number of aryl methyl sites for hydroxylation is 1. The zero-order valence-corrected chi connectivity index (χ0v) is 16.6. The third-order valence-electron chi connectivity index (χ3n) is 4.50. The lowest BCUT2D eigenvalue weighted by Gasteiger charge is -2.13. The van der Waals surface area contributed by atoms with E-state index in [0.29, 0.717) is 29.3 Å². The highest BCUT2D eigenvalue weighted by Gasteiger charge is 2.57. The molecule has 1 aliphatic rings. The first kappa shape index (κ1) is 20.4. The zero-order chi connectivity index (χ0) is 20.5. The number of hydrogen-bond acceptors (Lipinski definition) is 5. The molecule has 0 radical (unpaired) electrons. The van der Waals surface area contributed by atoms with Gasteiger partial charge in [-0.05, 0) is 26.0 Å². The van der Waals surface area contributed by atoms with E-state index in [1.807, 2.05) is 6.92 Å². The molecule has 1 aliphatic carbocycles. The molecule has 2 aromatic rings. The molecule has 0 aliphatic heterocycles. The van der Waals surface area contributed by atoms with Gasteiger partial charge in [-0.3, -0.25) is 4.68 Å². The summed E-state index contributed by atoms with van der Waals surface area (Å²) in [5.41, 5.74) is 1.13. The molecule has 1 aromatic carbocycles. The van der Waals surface area contributed by atoms with Crippen molar-refractivity contribution in [2.75, 3.05) is 20.3 Å². The average molecular weight is 415 g/mol.